The number of aromatic nitrogens is 2. The van der Waals surface area contributed by atoms with Crippen LogP contribution in [0.25, 0.3) is 0 Å². The summed E-state index contributed by atoms with van der Waals surface area (Å²) in [6, 6.07) is 6.84. The lowest BCUT2D eigenvalue weighted by Crippen LogP contribution is -2.49. The molecule has 1 aromatic carbocycles. The molecule has 3 N–H and O–H groups in total. The number of methoxy groups -OCH3 is 1. The van der Waals surface area contributed by atoms with Gasteiger partial charge in [0.15, 0.2) is 5.11 Å². The fourth-order valence-electron chi connectivity index (χ4n) is 1.96. The first-order valence-corrected chi connectivity index (χ1v) is 7.51. The highest BCUT2D eigenvalue weighted by molar-refractivity contribution is 7.80. The summed E-state index contributed by atoms with van der Waals surface area (Å²) in [6.45, 7) is 0.170. The van der Waals surface area contributed by atoms with Crippen molar-refractivity contribution in [2.24, 2.45) is 5.73 Å². The van der Waals surface area contributed by atoms with E-state index in [4.69, 9.17) is 22.7 Å². The molecule has 11 heteroatoms. The van der Waals surface area contributed by atoms with Crippen molar-refractivity contribution in [2.75, 3.05) is 12.1 Å². The minimum atomic E-state index is -0.555. The van der Waals surface area contributed by atoms with Gasteiger partial charge in [-0.05, 0) is 24.4 Å². The third-order valence-corrected chi connectivity index (χ3v) is 3.35. The lowest BCUT2D eigenvalue weighted by atomic mass is 10.3. The summed E-state index contributed by atoms with van der Waals surface area (Å²) in [5.41, 5.74) is 8.64. The van der Waals surface area contributed by atoms with E-state index in [1.54, 1.807) is 24.3 Å². The fourth-order valence-corrected chi connectivity index (χ4v) is 2.11. The largest absolute Gasteiger partial charge is 0.497 e. The third kappa shape index (κ3) is 4.88. The van der Waals surface area contributed by atoms with E-state index in [1.165, 1.54) is 23.0 Å². The van der Waals surface area contributed by atoms with Crippen molar-refractivity contribution in [2.45, 2.75) is 13.0 Å². The zero-order chi connectivity index (χ0) is 18.4. The summed E-state index contributed by atoms with van der Waals surface area (Å²) in [5, 5.41) is 15.6. The van der Waals surface area contributed by atoms with Crippen LogP contribution >= 0.6 is 12.2 Å². The lowest BCUT2D eigenvalue weighted by Gasteiger charge is -2.23. The van der Waals surface area contributed by atoms with Crippen LogP contribution in [0.1, 0.15) is 6.42 Å². The van der Waals surface area contributed by atoms with Gasteiger partial charge >= 0.3 is 5.69 Å². The molecule has 25 heavy (non-hydrogen) atoms. The smallest absolute Gasteiger partial charge is 0.306 e. The number of ether oxygens (including phenoxy) is 1. The topological polar surface area (TPSA) is 129 Å². The Bertz CT molecular complexity index is 793. The lowest BCUT2D eigenvalue weighted by molar-refractivity contribution is -0.385. The monoisotopic (exact) mass is 364 g/mol. The van der Waals surface area contributed by atoms with Gasteiger partial charge in [0.1, 0.15) is 18.1 Å². The number of thiocarbonyl (C=S) groups is 1. The molecule has 132 valence electrons. The van der Waals surface area contributed by atoms with Crippen molar-refractivity contribution < 1.29 is 14.5 Å². The van der Waals surface area contributed by atoms with Crippen LogP contribution in [-0.4, -0.2) is 32.8 Å². The highest BCUT2D eigenvalue weighted by atomic mass is 32.1. The zero-order valence-electron chi connectivity index (χ0n) is 13.3. The Morgan fingerprint density at radius 3 is 2.92 bits per heavy atom. The molecule has 1 heterocycles. The van der Waals surface area contributed by atoms with E-state index in [2.05, 4.69) is 10.5 Å². The normalized spacial score (nSPS) is 10.1. The van der Waals surface area contributed by atoms with Gasteiger partial charge in [-0.25, -0.2) is 5.01 Å². The molecule has 1 aromatic heterocycles. The predicted molar refractivity (Wildman–Crippen MR) is 93.9 cm³/mol. The Kier molecular flexibility index (Phi) is 5.84. The van der Waals surface area contributed by atoms with Crippen LogP contribution in [0.3, 0.4) is 0 Å². The number of amides is 1. The second kappa shape index (κ2) is 8.06. The number of carbonyl (C=O) groups is 1. The molecular weight excluding hydrogens is 348 g/mol. The van der Waals surface area contributed by atoms with Crippen LogP contribution in [0.5, 0.6) is 5.75 Å². The van der Waals surface area contributed by atoms with Crippen molar-refractivity contribution in [1.29, 1.82) is 0 Å². The van der Waals surface area contributed by atoms with E-state index >= 15 is 0 Å². The Balaban J connectivity index is 1.99. The quantitative estimate of drug-likeness (QED) is 0.441. The Hall–Kier alpha value is -3.21. The van der Waals surface area contributed by atoms with Crippen LogP contribution in [0.2, 0.25) is 0 Å². The van der Waals surface area contributed by atoms with Gasteiger partial charge in [-0.1, -0.05) is 6.07 Å². The van der Waals surface area contributed by atoms with Crippen LogP contribution in [0, 0.1) is 10.1 Å². The number of nitrogens with one attached hydrogen (secondary N) is 1. The van der Waals surface area contributed by atoms with Crippen molar-refractivity contribution >= 4 is 34.6 Å². The standard InChI is InChI=1S/C14H16N6O4S/c1-24-12-4-2-3-10(7-12)19(14(15)25)17-13(21)5-6-18-9-11(8-16-18)20(22)23/h2-4,7-9H,5-6H2,1H3,(H2,15,25)(H,17,21). The second-order valence-electron chi connectivity index (χ2n) is 4.88. The minimum Gasteiger partial charge on any atom is -0.497 e. The van der Waals surface area contributed by atoms with E-state index < -0.39 is 4.92 Å². The van der Waals surface area contributed by atoms with Gasteiger partial charge in [0.25, 0.3) is 0 Å². The average molecular weight is 364 g/mol. The van der Waals surface area contributed by atoms with E-state index in [1.807, 2.05) is 0 Å². The molecule has 0 radical (unpaired) electrons. The van der Waals surface area contributed by atoms with Gasteiger partial charge in [-0.3, -0.25) is 25.0 Å². The minimum absolute atomic E-state index is 0.0297. The molecule has 0 atom stereocenters. The molecule has 10 nitrogen and oxygen atoms in total. The predicted octanol–water partition coefficient (Wildman–Crippen LogP) is 0.971. The molecule has 0 aliphatic rings. The Morgan fingerprint density at radius 1 is 1.56 bits per heavy atom. The summed E-state index contributed by atoms with van der Waals surface area (Å²) < 4.78 is 6.44. The highest BCUT2D eigenvalue weighted by Gasteiger charge is 2.15. The SMILES string of the molecule is COc1cccc(N(NC(=O)CCn2cc([N+](=O)[O-])cn2)C(N)=S)c1. The highest BCUT2D eigenvalue weighted by Crippen LogP contribution is 2.19. The Labute approximate surface area is 148 Å². The maximum Gasteiger partial charge on any atom is 0.306 e. The number of anilines is 1. The number of nitrogens with two attached hydrogens (primary N) is 1. The number of nitrogens with zero attached hydrogens (tertiary/aromatic N) is 4. The van der Waals surface area contributed by atoms with E-state index in [0.717, 1.165) is 6.20 Å². The third-order valence-electron chi connectivity index (χ3n) is 3.17. The number of hydrogen-bond acceptors (Lipinski definition) is 6. The molecule has 1 amide bonds. The molecule has 0 saturated heterocycles. The molecule has 0 saturated carbocycles. The molecule has 0 aliphatic heterocycles. The first-order valence-electron chi connectivity index (χ1n) is 7.10. The van der Waals surface area contributed by atoms with Gasteiger partial charge in [0.2, 0.25) is 5.91 Å². The first-order chi connectivity index (χ1) is 11.9. The first kappa shape index (κ1) is 18.1. The maximum absolute atomic E-state index is 12.1. The number of carbonyl (C=O) groups excluding carboxylic acids is 1. The van der Waals surface area contributed by atoms with E-state index in [0.29, 0.717) is 11.4 Å². The molecule has 0 aliphatic carbocycles. The average Bonchev–Trinajstić information content (AvgIpc) is 3.07. The number of hydrazine groups is 1. The second-order valence-corrected chi connectivity index (χ2v) is 5.30. The summed E-state index contributed by atoms with van der Waals surface area (Å²) in [4.78, 5) is 22.2. The van der Waals surface area contributed by atoms with Gasteiger partial charge < -0.3 is 10.5 Å². The molecule has 0 bridgehead atoms. The Morgan fingerprint density at radius 2 is 2.32 bits per heavy atom. The molecule has 0 unspecified atom stereocenters. The van der Waals surface area contributed by atoms with Gasteiger partial charge in [-0.2, -0.15) is 5.10 Å². The van der Waals surface area contributed by atoms with Crippen molar-refractivity contribution in [1.82, 2.24) is 15.2 Å². The molecule has 2 rings (SSSR count). The van der Waals surface area contributed by atoms with E-state index in [9.17, 15) is 14.9 Å². The van der Waals surface area contributed by atoms with Gasteiger partial charge in [-0.15, -0.1) is 0 Å². The van der Waals surface area contributed by atoms with Crippen LogP contribution in [-0.2, 0) is 11.3 Å². The van der Waals surface area contributed by atoms with Gasteiger partial charge in [0.05, 0.1) is 24.3 Å². The molecular formula is C14H16N6O4S. The van der Waals surface area contributed by atoms with Crippen LogP contribution in [0.15, 0.2) is 36.7 Å². The zero-order valence-corrected chi connectivity index (χ0v) is 14.1. The summed E-state index contributed by atoms with van der Waals surface area (Å²) in [5.74, 6) is 0.200. The van der Waals surface area contributed by atoms with E-state index in [-0.39, 0.29) is 29.7 Å². The summed E-state index contributed by atoms with van der Waals surface area (Å²) in [7, 11) is 1.52. The molecule has 2 aromatic rings. The van der Waals surface area contributed by atoms with Crippen molar-refractivity contribution in [3.63, 3.8) is 0 Å². The maximum atomic E-state index is 12.1. The van der Waals surface area contributed by atoms with Gasteiger partial charge in [0, 0.05) is 12.5 Å². The van der Waals surface area contributed by atoms with Crippen LogP contribution < -0.4 is 20.9 Å². The van der Waals surface area contributed by atoms with Crippen molar-refractivity contribution in [3.8, 4) is 5.75 Å². The number of nitro groups is 1. The number of aryl methyl sites for hydroxylation is 1. The number of benzene rings is 1. The van der Waals surface area contributed by atoms with Crippen LogP contribution in [0.4, 0.5) is 11.4 Å². The fraction of sp³-hybridized carbons (Fsp3) is 0.214. The number of rotatable bonds is 6. The van der Waals surface area contributed by atoms with Crippen molar-refractivity contribution in [3.05, 3.63) is 46.8 Å². The summed E-state index contributed by atoms with van der Waals surface area (Å²) >= 11 is 4.96. The molecule has 0 fully saturated rings. The summed E-state index contributed by atoms with van der Waals surface area (Å²) in [6.07, 6.45) is 2.40. The molecule has 0 spiro atoms. The number of hydrogen-bond donors (Lipinski definition) is 2.